The van der Waals surface area contributed by atoms with Crippen LogP contribution >= 0.6 is 0 Å². The molecule has 0 aliphatic carbocycles. The number of carbonyl (C=O) groups is 3. The highest BCUT2D eigenvalue weighted by molar-refractivity contribution is 5.86. The van der Waals surface area contributed by atoms with E-state index in [2.05, 4.69) is 47.4 Å². The third kappa shape index (κ3) is 9.50. The van der Waals surface area contributed by atoms with Crippen molar-refractivity contribution in [2.24, 2.45) is 5.41 Å². The van der Waals surface area contributed by atoms with Crippen molar-refractivity contribution in [3.05, 3.63) is 36.5 Å². The average Bonchev–Trinajstić information content (AvgIpc) is 2.52. The monoisotopic (exact) mass is 397 g/mol. The second-order valence-corrected chi connectivity index (χ2v) is 7.98. The fourth-order valence-electron chi connectivity index (χ4n) is 1.93. The van der Waals surface area contributed by atoms with Crippen LogP contribution in [0.1, 0.15) is 61.3 Å². The molecule has 0 radical (unpaired) electrons. The number of hydrogen-bond donors (Lipinski definition) is 2. The summed E-state index contributed by atoms with van der Waals surface area (Å²) in [5.41, 5.74) is 0.793. The maximum atomic E-state index is 11.5. The molecule has 160 valence electrons. The first-order chi connectivity index (χ1) is 12.5. The molecular weight excluding hydrogens is 362 g/mol. The normalized spacial score (nSPS) is 16.8. The van der Waals surface area contributed by atoms with Crippen molar-refractivity contribution in [3.63, 3.8) is 0 Å². The zero-order valence-electron chi connectivity index (χ0n) is 18.2. The summed E-state index contributed by atoms with van der Waals surface area (Å²) < 4.78 is 0. The van der Waals surface area contributed by atoms with E-state index in [0.717, 1.165) is 19.4 Å². The fraction of sp³-hybridized carbons (Fsp3) is 0.571. The topological polar surface area (TPSA) is 104 Å². The van der Waals surface area contributed by atoms with Crippen LogP contribution in [0.15, 0.2) is 36.5 Å². The standard InChI is InChI=1S/C13H23NO2.2C4H6O2/c1-10(2)11(15)16-14-9-7-8-12(3,4)13(14,5)6;2*1-3(2)4(5)6/h1,7-9H2,2-6H3;2*1H2,2H3,(H,5,6). The Labute approximate surface area is 168 Å². The maximum Gasteiger partial charge on any atom is 0.352 e. The minimum absolute atomic E-state index is 0.139. The Bertz CT molecular complexity index is 583. The number of hydrogen-bond acceptors (Lipinski definition) is 5. The van der Waals surface area contributed by atoms with Gasteiger partial charge in [-0.2, -0.15) is 0 Å². The third-order valence-electron chi connectivity index (χ3n) is 4.71. The van der Waals surface area contributed by atoms with Crippen molar-refractivity contribution >= 4 is 17.9 Å². The molecule has 7 nitrogen and oxygen atoms in total. The van der Waals surface area contributed by atoms with Crippen LogP contribution in [0.3, 0.4) is 0 Å². The molecule has 0 spiro atoms. The van der Waals surface area contributed by atoms with Gasteiger partial charge in [0, 0.05) is 23.3 Å². The van der Waals surface area contributed by atoms with E-state index < -0.39 is 11.9 Å². The summed E-state index contributed by atoms with van der Waals surface area (Å²) in [4.78, 5) is 36.1. The van der Waals surface area contributed by atoms with Crippen molar-refractivity contribution in [3.8, 4) is 0 Å². The fourth-order valence-corrected chi connectivity index (χ4v) is 1.93. The predicted molar refractivity (Wildman–Crippen MR) is 110 cm³/mol. The molecule has 0 aromatic heterocycles. The maximum absolute atomic E-state index is 11.5. The average molecular weight is 398 g/mol. The number of piperidine rings is 1. The first kappa shape index (κ1) is 27.8. The highest BCUT2D eigenvalue weighted by Crippen LogP contribution is 2.43. The van der Waals surface area contributed by atoms with Crippen LogP contribution in [-0.4, -0.2) is 45.3 Å². The molecule has 0 saturated carbocycles. The van der Waals surface area contributed by atoms with Gasteiger partial charge in [0.1, 0.15) is 0 Å². The molecule has 0 unspecified atom stereocenters. The lowest BCUT2D eigenvalue weighted by molar-refractivity contribution is -0.244. The van der Waals surface area contributed by atoms with Gasteiger partial charge in [-0.25, -0.2) is 14.4 Å². The largest absolute Gasteiger partial charge is 0.478 e. The second kappa shape index (κ2) is 11.4. The Morgan fingerprint density at radius 1 is 0.857 bits per heavy atom. The number of carbonyl (C=O) groups excluding carboxylic acids is 1. The quantitative estimate of drug-likeness (QED) is 0.685. The highest BCUT2D eigenvalue weighted by Gasteiger charge is 2.46. The number of aliphatic carboxylic acids is 2. The van der Waals surface area contributed by atoms with Gasteiger partial charge in [0.05, 0.1) is 5.54 Å². The van der Waals surface area contributed by atoms with Crippen LogP contribution in [0.4, 0.5) is 0 Å². The van der Waals surface area contributed by atoms with Crippen molar-refractivity contribution in [1.82, 2.24) is 5.06 Å². The molecule has 0 aromatic carbocycles. The summed E-state index contributed by atoms with van der Waals surface area (Å²) in [5.74, 6) is -2.20. The predicted octanol–water partition coefficient (Wildman–Crippen LogP) is 4.22. The molecule has 7 heteroatoms. The molecule has 0 bridgehead atoms. The van der Waals surface area contributed by atoms with Crippen LogP contribution in [0.5, 0.6) is 0 Å². The van der Waals surface area contributed by atoms with E-state index in [4.69, 9.17) is 15.1 Å². The molecule has 1 saturated heterocycles. The van der Waals surface area contributed by atoms with Crippen molar-refractivity contribution in [2.75, 3.05) is 6.54 Å². The van der Waals surface area contributed by atoms with E-state index in [1.807, 2.05) is 5.06 Å². The first-order valence-corrected chi connectivity index (χ1v) is 8.90. The second-order valence-electron chi connectivity index (χ2n) is 7.98. The van der Waals surface area contributed by atoms with Gasteiger partial charge in [-0.3, -0.25) is 0 Å². The van der Waals surface area contributed by atoms with Crippen LogP contribution in [0.2, 0.25) is 0 Å². The molecule has 2 N–H and O–H groups in total. The molecule has 0 amide bonds. The summed E-state index contributed by atoms with van der Waals surface area (Å²) in [7, 11) is 0. The van der Waals surface area contributed by atoms with E-state index in [1.54, 1.807) is 6.92 Å². The smallest absolute Gasteiger partial charge is 0.352 e. The van der Waals surface area contributed by atoms with Gasteiger partial charge < -0.3 is 15.1 Å². The van der Waals surface area contributed by atoms with Gasteiger partial charge in [0.15, 0.2) is 0 Å². The Kier molecular flexibility index (Phi) is 11.4. The van der Waals surface area contributed by atoms with Gasteiger partial charge in [0.25, 0.3) is 0 Å². The number of carboxylic acids is 2. The molecule has 1 rings (SSSR count). The number of rotatable bonds is 4. The van der Waals surface area contributed by atoms with E-state index in [0.29, 0.717) is 5.57 Å². The Morgan fingerprint density at radius 2 is 1.21 bits per heavy atom. The van der Waals surface area contributed by atoms with Gasteiger partial charge in [0.2, 0.25) is 0 Å². The van der Waals surface area contributed by atoms with Crippen molar-refractivity contribution in [2.45, 2.75) is 66.8 Å². The van der Waals surface area contributed by atoms with Gasteiger partial charge >= 0.3 is 17.9 Å². The lowest BCUT2D eigenvalue weighted by atomic mass is 9.69. The summed E-state index contributed by atoms with van der Waals surface area (Å²) in [6.07, 6.45) is 2.21. The molecule has 1 heterocycles. The van der Waals surface area contributed by atoms with Gasteiger partial charge in [-0.1, -0.05) is 33.6 Å². The van der Waals surface area contributed by atoms with Gasteiger partial charge in [-0.05, 0) is 52.9 Å². The lowest BCUT2D eigenvalue weighted by Crippen LogP contribution is -2.57. The van der Waals surface area contributed by atoms with E-state index in [1.165, 1.54) is 13.8 Å². The zero-order valence-corrected chi connectivity index (χ0v) is 18.2. The minimum Gasteiger partial charge on any atom is -0.478 e. The SMILES string of the molecule is C=C(C)C(=O)O.C=C(C)C(=O)O.C=C(C)C(=O)ON1CCCC(C)(C)C1(C)C. The molecule has 0 aromatic rings. The number of carboxylic acid groups (broad SMARTS) is 2. The summed E-state index contributed by atoms with van der Waals surface area (Å²) in [6, 6.07) is 0. The Balaban J connectivity index is 0. The molecular formula is C21H35NO6. The number of nitrogens with zero attached hydrogens (tertiary/aromatic N) is 1. The summed E-state index contributed by atoms with van der Waals surface area (Å²) in [6.45, 7) is 24.0. The molecule has 1 aliphatic heterocycles. The van der Waals surface area contributed by atoms with Crippen molar-refractivity contribution in [1.29, 1.82) is 0 Å². The molecule has 0 atom stereocenters. The Morgan fingerprint density at radius 3 is 1.50 bits per heavy atom. The van der Waals surface area contributed by atoms with E-state index in [9.17, 15) is 14.4 Å². The molecule has 28 heavy (non-hydrogen) atoms. The molecule has 1 fully saturated rings. The van der Waals surface area contributed by atoms with E-state index >= 15 is 0 Å². The van der Waals surface area contributed by atoms with Crippen LogP contribution in [0.25, 0.3) is 0 Å². The van der Waals surface area contributed by atoms with Crippen LogP contribution < -0.4 is 0 Å². The van der Waals surface area contributed by atoms with Gasteiger partial charge in [-0.15, -0.1) is 5.06 Å². The lowest BCUT2D eigenvalue weighted by Gasteiger charge is -2.51. The summed E-state index contributed by atoms with van der Waals surface area (Å²) >= 11 is 0. The zero-order chi connectivity index (χ0) is 22.9. The van der Waals surface area contributed by atoms with Crippen molar-refractivity contribution < 1.29 is 29.4 Å². The minimum atomic E-state index is -0.935. The van der Waals surface area contributed by atoms with Crippen LogP contribution in [-0.2, 0) is 19.2 Å². The third-order valence-corrected chi connectivity index (χ3v) is 4.71. The van der Waals surface area contributed by atoms with E-state index in [-0.39, 0.29) is 28.1 Å². The number of hydroxylamine groups is 2. The first-order valence-electron chi connectivity index (χ1n) is 8.90. The Hall–Kier alpha value is -2.41. The highest BCUT2D eigenvalue weighted by atomic mass is 16.7. The molecule has 1 aliphatic rings. The summed E-state index contributed by atoms with van der Waals surface area (Å²) in [5, 5.41) is 17.6. The van der Waals surface area contributed by atoms with Crippen LogP contribution in [0, 0.1) is 5.41 Å².